The fourth-order valence-electron chi connectivity index (χ4n) is 4.06. The number of carbonyl (C=O) groups excluding carboxylic acids is 1. The molecule has 0 atom stereocenters. The van der Waals surface area contributed by atoms with E-state index in [2.05, 4.69) is 17.1 Å². The maximum Gasteiger partial charge on any atom is 0.462 e. The van der Waals surface area contributed by atoms with Crippen molar-refractivity contribution in [2.45, 2.75) is 13.3 Å². The molecule has 0 fully saturated rings. The van der Waals surface area contributed by atoms with Crippen LogP contribution in [0.1, 0.15) is 12.5 Å². The number of nitrogens with zero attached hydrogens (tertiary/aromatic N) is 2. The Labute approximate surface area is 211 Å². The Morgan fingerprint density at radius 3 is 2.47 bits per heavy atom. The van der Waals surface area contributed by atoms with Crippen LogP contribution in [0, 0.1) is 0 Å². The Morgan fingerprint density at radius 2 is 1.78 bits per heavy atom. The van der Waals surface area contributed by atoms with Crippen molar-refractivity contribution in [2.24, 2.45) is 0 Å². The Balaban J connectivity index is 1.45. The summed E-state index contributed by atoms with van der Waals surface area (Å²) >= 11 is 0. The largest absolute Gasteiger partial charge is 0.508 e. The molecule has 7 nitrogen and oxygen atoms in total. The topological polar surface area (TPSA) is 74.0 Å². The summed E-state index contributed by atoms with van der Waals surface area (Å²) in [6.07, 6.45) is 2.46. The average Bonchev–Trinajstić information content (AvgIpc) is 3.22. The molecule has 2 N–H and O–H groups in total. The molecule has 0 bridgehead atoms. The molecule has 7 heteroatoms. The second-order valence-electron chi connectivity index (χ2n) is 8.36. The minimum absolute atomic E-state index is 0.196. The van der Waals surface area contributed by atoms with Crippen molar-refractivity contribution in [3.05, 3.63) is 95.9 Å². The van der Waals surface area contributed by atoms with Crippen molar-refractivity contribution in [2.75, 3.05) is 38.3 Å². The second-order valence-corrected chi connectivity index (χ2v) is 8.36. The van der Waals surface area contributed by atoms with Gasteiger partial charge in [0.15, 0.2) is 5.70 Å². The SMILES string of the molecule is CCN(CCNC1=C(OCCc2ccc(OC)cc2)C(=O)[N+](c2ccccc2)=C1)c1cccc(O)c1. The first-order chi connectivity index (χ1) is 17.6. The molecule has 0 spiro atoms. The maximum atomic E-state index is 13.3. The van der Waals surface area contributed by atoms with E-state index in [0.717, 1.165) is 29.2 Å². The Hall–Kier alpha value is -4.26. The van der Waals surface area contributed by atoms with Crippen LogP contribution in [0.2, 0.25) is 0 Å². The molecule has 186 valence electrons. The van der Waals surface area contributed by atoms with Crippen molar-refractivity contribution in [1.82, 2.24) is 5.32 Å². The van der Waals surface area contributed by atoms with Gasteiger partial charge in [0.25, 0.3) is 5.76 Å². The molecule has 0 unspecified atom stereocenters. The number of ether oxygens (including phenoxy) is 2. The number of hydrogen-bond acceptors (Lipinski definition) is 6. The van der Waals surface area contributed by atoms with Gasteiger partial charge in [-0.1, -0.05) is 36.4 Å². The highest BCUT2D eigenvalue weighted by Crippen LogP contribution is 2.22. The van der Waals surface area contributed by atoms with Gasteiger partial charge < -0.3 is 24.8 Å². The Bertz CT molecular complexity index is 1240. The fraction of sp³-hybridized carbons (Fsp3) is 0.241. The van der Waals surface area contributed by atoms with Crippen LogP contribution in [-0.4, -0.2) is 55.2 Å². The Morgan fingerprint density at radius 1 is 1.00 bits per heavy atom. The predicted octanol–water partition coefficient (Wildman–Crippen LogP) is 4.24. The third-order valence-electron chi connectivity index (χ3n) is 6.02. The molecular formula is C29H32N3O4+. The smallest absolute Gasteiger partial charge is 0.462 e. The highest BCUT2D eigenvalue weighted by molar-refractivity contribution is 6.01. The van der Waals surface area contributed by atoms with Gasteiger partial charge in [-0.3, -0.25) is 0 Å². The van der Waals surface area contributed by atoms with E-state index in [0.29, 0.717) is 37.6 Å². The number of amides is 1. The van der Waals surface area contributed by atoms with Crippen molar-refractivity contribution in [3.8, 4) is 11.5 Å². The van der Waals surface area contributed by atoms with Crippen LogP contribution in [0.25, 0.3) is 0 Å². The minimum atomic E-state index is -0.196. The number of para-hydroxylation sites is 1. The number of anilines is 1. The predicted molar refractivity (Wildman–Crippen MR) is 141 cm³/mol. The minimum Gasteiger partial charge on any atom is -0.508 e. The number of allylic oxidation sites excluding steroid dienone is 1. The molecule has 1 aliphatic heterocycles. The Kier molecular flexibility index (Phi) is 8.24. The molecule has 0 aromatic heterocycles. The van der Waals surface area contributed by atoms with Crippen LogP contribution in [0.4, 0.5) is 11.4 Å². The second kappa shape index (κ2) is 11.9. The van der Waals surface area contributed by atoms with Gasteiger partial charge in [0.2, 0.25) is 11.9 Å². The van der Waals surface area contributed by atoms with Crippen LogP contribution < -0.4 is 15.0 Å². The third-order valence-corrected chi connectivity index (χ3v) is 6.02. The molecule has 1 amide bonds. The van der Waals surface area contributed by atoms with Crippen molar-refractivity contribution in [1.29, 1.82) is 0 Å². The summed E-state index contributed by atoms with van der Waals surface area (Å²) < 4.78 is 12.9. The van der Waals surface area contributed by atoms with Crippen LogP contribution in [0.15, 0.2) is 90.3 Å². The third kappa shape index (κ3) is 6.05. The lowest BCUT2D eigenvalue weighted by Crippen LogP contribution is -2.32. The lowest BCUT2D eigenvalue weighted by Gasteiger charge is -2.23. The van der Waals surface area contributed by atoms with Gasteiger partial charge in [0.1, 0.15) is 11.5 Å². The molecule has 4 rings (SSSR count). The van der Waals surface area contributed by atoms with Crippen molar-refractivity contribution < 1.29 is 24.0 Å². The number of hydrogen-bond donors (Lipinski definition) is 2. The van der Waals surface area contributed by atoms with Gasteiger partial charge in [0, 0.05) is 49.9 Å². The normalized spacial score (nSPS) is 12.9. The summed E-state index contributed by atoms with van der Waals surface area (Å²) in [4.78, 5) is 15.4. The van der Waals surface area contributed by atoms with Gasteiger partial charge in [-0.15, -0.1) is 4.58 Å². The number of likely N-dealkylation sites (N-methyl/N-ethyl adjacent to an activating group) is 1. The summed E-state index contributed by atoms with van der Waals surface area (Å²) in [5, 5.41) is 13.2. The van der Waals surface area contributed by atoms with Crippen LogP contribution in [-0.2, 0) is 16.0 Å². The maximum absolute atomic E-state index is 13.3. The highest BCUT2D eigenvalue weighted by Gasteiger charge is 2.37. The standard InChI is InChI=1S/C29H31N3O4/c1-3-31(24-10-7-11-25(33)20-24)18-17-30-27-21-32(23-8-5-4-6-9-23)29(34)28(27)36-19-16-22-12-14-26(35-2)15-13-22/h4-15,20-21H,3,16-19H2,1-2H3,(H-,30,33,34)/p+1. The molecule has 3 aromatic rings. The lowest BCUT2D eigenvalue weighted by atomic mass is 10.1. The number of carbonyl (C=O) groups is 1. The highest BCUT2D eigenvalue weighted by atomic mass is 16.5. The zero-order valence-electron chi connectivity index (χ0n) is 20.7. The summed E-state index contributed by atoms with van der Waals surface area (Å²) in [5.74, 6) is 1.16. The van der Waals surface area contributed by atoms with Crippen LogP contribution in [0.3, 0.4) is 0 Å². The van der Waals surface area contributed by atoms with Gasteiger partial charge in [0.05, 0.1) is 13.7 Å². The zero-order valence-corrected chi connectivity index (χ0v) is 20.7. The number of phenolic OH excluding ortho intramolecular Hbond substituents is 1. The summed E-state index contributed by atoms with van der Waals surface area (Å²) in [5.41, 5.74) is 3.49. The van der Waals surface area contributed by atoms with Gasteiger partial charge >= 0.3 is 5.91 Å². The van der Waals surface area contributed by atoms with Gasteiger partial charge in [-0.25, -0.2) is 4.79 Å². The van der Waals surface area contributed by atoms with E-state index in [1.54, 1.807) is 30.0 Å². The molecule has 3 aromatic carbocycles. The summed E-state index contributed by atoms with van der Waals surface area (Å²) in [6.45, 7) is 4.51. The van der Waals surface area contributed by atoms with E-state index in [-0.39, 0.29) is 11.7 Å². The van der Waals surface area contributed by atoms with Gasteiger partial charge in [-0.05, 0) is 36.8 Å². The number of nitrogens with one attached hydrogen (secondary N) is 1. The van der Waals surface area contributed by atoms with E-state index in [4.69, 9.17) is 9.47 Å². The number of benzene rings is 3. The average molecular weight is 487 g/mol. The lowest BCUT2D eigenvalue weighted by molar-refractivity contribution is -0.356. The van der Waals surface area contributed by atoms with E-state index in [1.165, 1.54) is 0 Å². The summed E-state index contributed by atoms with van der Waals surface area (Å²) in [7, 11) is 1.64. The fourth-order valence-corrected chi connectivity index (χ4v) is 4.06. The number of phenols is 1. The first kappa shape index (κ1) is 24.9. The molecule has 0 aliphatic carbocycles. The van der Waals surface area contributed by atoms with Crippen LogP contribution >= 0.6 is 0 Å². The number of aromatic hydroxyl groups is 1. The van der Waals surface area contributed by atoms with E-state index in [9.17, 15) is 9.90 Å². The first-order valence-corrected chi connectivity index (χ1v) is 12.1. The molecular weight excluding hydrogens is 454 g/mol. The molecule has 0 saturated carbocycles. The number of methoxy groups -OCH3 is 1. The van der Waals surface area contributed by atoms with Crippen molar-refractivity contribution >= 4 is 23.5 Å². The zero-order chi connectivity index (χ0) is 25.3. The monoisotopic (exact) mass is 486 g/mol. The molecule has 1 heterocycles. The molecule has 0 radical (unpaired) electrons. The number of rotatable bonds is 12. The summed E-state index contributed by atoms with van der Waals surface area (Å²) in [6, 6.07) is 24.6. The van der Waals surface area contributed by atoms with Crippen LogP contribution in [0.5, 0.6) is 11.5 Å². The van der Waals surface area contributed by atoms with Gasteiger partial charge in [-0.2, -0.15) is 0 Å². The quantitative estimate of drug-likeness (QED) is 0.373. The van der Waals surface area contributed by atoms with E-state index < -0.39 is 0 Å². The van der Waals surface area contributed by atoms with E-state index in [1.807, 2.05) is 66.7 Å². The molecule has 36 heavy (non-hydrogen) atoms. The molecule has 1 aliphatic rings. The molecule has 0 saturated heterocycles. The van der Waals surface area contributed by atoms with Crippen molar-refractivity contribution in [3.63, 3.8) is 0 Å². The van der Waals surface area contributed by atoms with E-state index >= 15 is 0 Å². The first-order valence-electron chi connectivity index (χ1n) is 12.1.